The van der Waals surface area contributed by atoms with Crippen LogP contribution in [0.15, 0.2) is 18.2 Å². The number of hydrogen-bond acceptors (Lipinski definition) is 2. The molecule has 0 heterocycles. The lowest BCUT2D eigenvalue weighted by Gasteiger charge is -2.13. The predicted octanol–water partition coefficient (Wildman–Crippen LogP) is 2.75. The smallest absolute Gasteiger partial charge is 0.305 e. The van der Waals surface area contributed by atoms with Gasteiger partial charge in [-0.05, 0) is 19.1 Å². The molecule has 1 unspecified atom stereocenters. The molecule has 1 rings (SSSR count). The Labute approximate surface area is 91.9 Å². The third kappa shape index (κ3) is 3.40. The van der Waals surface area contributed by atoms with Crippen molar-refractivity contribution < 1.29 is 14.3 Å². The molecule has 1 atom stereocenters. The molecule has 0 saturated heterocycles. The Morgan fingerprint density at radius 3 is 2.93 bits per heavy atom. The quantitative estimate of drug-likeness (QED) is 0.838. The fourth-order valence-electron chi connectivity index (χ4n) is 1.19. The summed E-state index contributed by atoms with van der Waals surface area (Å²) < 4.78 is 13.4. The molecule has 0 fully saturated rings. The normalized spacial score (nSPS) is 12.2. The van der Waals surface area contributed by atoms with Gasteiger partial charge in [-0.2, -0.15) is 0 Å². The summed E-state index contributed by atoms with van der Waals surface area (Å²) in [6, 6.07) is 4.19. The molecule has 1 aromatic rings. The number of carboxylic acids is 1. The molecule has 1 aromatic carbocycles. The minimum Gasteiger partial charge on any atom is -0.481 e. The van der Waals surface area contributed by atoms with E-state index in [-0.39, 0.29) is 23.2 Å². The maximum atomic E-state index is 13.4. The summed E-state index contributed by atoms with van der Waals surface area (Å²) in [6.07, 6.45) is -0.0774. The fourth-order valence-corrected chi connectivity index (χ4v) is 1.37. The standard InChI is InChI=1S/C10H11ClFNO2/c1-6(5-9(14)15)13-8-4-2-3-7(11)10(8)12/h2-4,6,13H,5H2,1H3,(H,14,15). The number of halogens is 2. The summed E-state index contributed by atoms with van der Waals surface area (Å²) in [5.74, 6) is -1.49. The van der Waals surface area contributed by atoms with E-state index in [1.165, 1.54) is 12.1 Å². The van der Waals surface area contributed by atoms with Gasteiger partial charge in [0, 0.05) is 6.04 Å². The van der Waals surface area contributed by atoms with E-state index in [4.69, 9.17) is 16.7 Å². The molecule has 2 N–H and O–H groups in total. The molecule has 0 aliphatic heterocycles. The monoisotopic (exact) mass is 231 g/mol. The average Bonchev–Trinajstić information content (AvgIpc) is 2.11. The second kappa shape index (κ2) is 4.98. The van der Waals surface area contributed by atoms with Crippen molar-refractivity contribution in [3.63, 3.8) is 0 Å². The van der Waals surface area contributed by atoms with Gasteiger partial charge in [-0.3, -0.25) is 4.79 Å². The minimum atomic E-state index is -0.933. The summed E-state index contributed by atoms with van der Waals surface area (Å²) in [5.41, 5.74) is 0.219. The SMILES string of the molecule is CC(CC(=O)O)Nc1cccc(Cl)c1F. The molecule has 0 aliphatic rings. The number of anilines is 1. The van der Waals surface area contributed by atoms with Crippen LogP contribution in [0.4, 0.5) is 10.1 Å². The van der Waals surface area contributed by atoms with Crippen LogP contribution in [0.2, 0.25) is 5.02 Å². The molecule has 0 spiro atoms. The van der Waals surface area contributed by atoms with Crippen LogP contribution in [0.25, 0.3) is 0 Å². The molecule has 0 amide bonds. The Bertz CT molecular complexity index is 370. The van der Waals surface area contributed by atoms with E-state index in [1.807, 2.05) is 0 Å². The number of nitrogens with one attached hydrogen (secondary N) is 1. The highest BCUT2D eigenvalue weighted by atomic mass is 35.5. The van der Waals surface area contributed by atoms with Gasteiger partial charge >= 0.3 is 5.97 Å². The zero-order valence-corrected chi connectivity index (χ0v) is 8.88. The van der Waals surface area contributed by atoms with Gasteiger partial charge in [0.05, 0.1) is 17.1 Å². The van der Waals surface area contributed by atoms with E-state index in [0.717, 1.165) is 0 Å². The van der Waals surface area contributed by atoms with Crippen LogP contribution in [0.5, 0.6) is 0 Å². The van der Waals surface area contributed by atoms with E-state index in [1.54, 1.807) is 13.0 Å². The molecule has 0 bridgehead atoms. The second-order valence-corrected chi connectivity index (χ2v) is 3.65. The van der Waals surface area contributed by atoms with Crippen molar-refractivity contribution in [2.45, 2.75) is 19.4 Å². The van der Waals surface area contributed by atoms with E-state index in [2.05, 4.69) is 5.32 Å². The molecular weight excluding hydrogens is 221 g/mol. The number of carbonyl (C=O) groups is 1. The predicted molar refractivity (Wildman–Crippen MR) is 56.7 cm³/mol. The molecule has 5 heteroatoms. The second-order valence-electron chi connectivity index (χ2n) is 3.24. The highest BCUT2D eigenvalue weighted by molar-refractivity contribution is 6.31. The van der Waals surface area contributed by atoms with Gasteiger partial charge in [-0.15, -0.1) is 0 Å². The summed E-state index contributed by atoms with van der Waals surface area (Å²) in [4.78, 5) is 10.4. The minimum absolute atomic E-state index is 0.0162. The fraction of sp³-hybridized carbons (Fsp3) is 0.300. The summed E-state index contributed by atoms with van der Waals surface area (Å²) in [7, 11) is 0. The van der Waals surface area contributed by atoms with Crippen molar-refractivity contribution in [2.24, 2.45) is 0 Å². The van der Waals surface area contributed by atoms with E-state index >= 15 is 0 Å². The number of carboxylic acid groups (broad SMARTS) is 1. The van der Waals surface area contributed by atoms with Crippen LogP contribution >= 0.6 is 11.6 Å². The molecule has 0 radical (unpaired) electrons. The van der Waals surface area contributed by atoms with Crippen molar-refractivity contribution in [2.75, 3.05) is 5.32 Å². The summed E-state index contributed by atoms with van der Waals surface area (Å²) in [6.45, 7) is 1.66. The Kier molecular flexibility index (Phi) is 3.91. The zero-order chi connectivity index (χ0) is 11.4. The van der Waals surface area contributed by atoms with Gasteiger partial charge in [-0.25, -0.2) is 4.39 Å². The summed E-state index contributed by atoms with van der Waals surface area (Å²) >= 11 is 5.57. The number of rotatable bonds is 4. The van der Waals surface area contributed by atoms with Gasteiger partial charge in [0.15, 0.2) is 5.82 Å². The maximum absolute atomic E-state index is 13.4. The molecular formula is C10H11ClFNO2. The highest BCUT2D eigenvalue weighted by Gasteiger charge is 2.11. The first-order chi connectivity index (χ1) is 7.00. The van der Waals surface area contributed by atoms with Gasteiger partial charge in [-0.1, -0.05) is 17.7 Å². The van der Waals surface area contributed by atoms with E-state index < -0.39 is 11.8 Å². The number of aliphatic carboxylic acids is 1. The van der Waals surface area contributed by atoms with Crippen LogP contribution < -0.4 is 5.32 Å². The number of hydrogen-bond donors (Lipinski definition) is 2. The largest absolute Gasteiger partial charge is 0.481 e. The lowest BCUT2D eigenvalue weighted by atomic mass is 10.2. The van der Waals surface area contributed by atoms with Gasteiger partial charge in [0.2, 0.25) is 0 Å². The topological polar surface area (TPSA) is 49.3 Å². The highest BCUT2D eigenvalue weighted by Crippen LogP contribution is 2.22. The van der Waals surface area contributed by atoms with Gasteiger partial charge < -0.3 is 10.4 Å². The van der Waals surface area contributed by atoms with Crippen molar-refractivity contribution in [3.8, 4) is 0 Å². The Balaban J connectivity index is 2.72. The van der Waals surface area contributed by atoms with Crippen LogP contribution in [0.3, 0.4) is 0 Å². The third-order valence-corrected chi connectivity index (χ3v) is 2.13. The average molecular weight is 232 g/mol. The Hall–Kier alpha value is -1.29. The molecule has 0 aliphatic carbocycles. The lowest BCUT2D eigenvalue weighted by molar-refractivity contribution is -0.137. The van der Waals surface area contributed by atoms with Crippen molar-refractivity contribution in [3.05, 3.63) is 29.0 Å². The van der Waals surface area contributed by atoms with Crippen molar-refractivity contribution in [1.82, 2.24) is 0 Å². The van der Waals surface area contributed by atoms with Crippen LogP contribution in [0, 0.1) is 5.82 Å². The lowest BCUT2D eigenvalue weighted by Crippen LogP contribution is -2.19. The molecule has 0 aromatic heterocycles. The Morgan fingerprint density at radius 2 is 2.33 bits per heavy atom. The van der Waals surface area contributed by atoms with Crippen LogP contribution in [-0.2, 0) is 4.79 Å². The first-order valence-corrected chi connectivity index (χ1v) is 4.81. The Morgan fingerprint density at radius 1 is 1.67 bits per heavy atom. The van der Waals surface area contributed by atoms with Crippen LogP contribution in [0.1, 0.15) is 13.3 Å². The van der Waals surface area contributed by atoms with Gasteiger partial charge in [0.25, 0.3) is 0 Å². The summed E-state index contributed by atoms with van der Waals surface area (Å²) in [5, 5.41) is 11.3. The molecule has 0 saturated carbocycles. The maximum Gasteiger partial charge on any atom is 0.305 e. The third-order valence-electron chi connectivity index (χ3n) is 1.83. The van der Waals surface area contributed by atoms with Crippen LogP contribution in [-0.4, -0.2) is 17.1 Å². The van der Waals surface area contributed by atoms with Gasteiger partial charge in [0.1, 0.15) is 0 Å². The van der Waals surface area contributed by atoms with E-state index in [0.29, 0.717) is 0 Å². The van der Waals surface area contributed by atoms with E-state index in [9.17, 15) is 9.18 Å². The first-order valence-electron chi connectivity index (χ1n) is 4.43. The van der Waals surface area contributed by atoms with Crippen molar-refractivity contribution >= 4 is 23.3 Å². The molecule has 15 heavy (non-hydrogen) atoms. The van der Waals surface area contributed by atoms with Crippen molar-refractivity contribution in [1.29, 1.82) is 0 Å². The number of benzene rings is 1. The molecule has 82 valence electrons. The zero-order valence-electron chi connectivity index (χ0n) is 8.13. The first kappa shape index (κ1) is 11.8. The molecule has 3 nitrogen and oxygen atoms in total.